The van der Waals surface area contributed by atoms with Gasteiger partial charge in [-0.2, -0.15) is 0 Å². The summed E-state index contributed by atoms with van der Waals surface area (Å²) in [5, 5.41) is 0.355. The third-order valence-electron chi connectivity index (χ3n) is 5.39. The number of hydrogen-bond donors (Lipinski definition) is 0. The Morgan fingerprint density at radius 3 is 2.73 bits per heavy atom. The summed E-state index contributed by atoms with van der Waals surface area (Å²) < 4.78 is 43.6. The maximum Gasteiger partial charge on any atom is 0.154 e. The topological polar surface area (TPSA) is 33.2 Å². The summed E-state index contributed by atoms with van der Waals surface area (Å²) in [4.78, 5) is 4.81. The van der Waals surface area contributed by atoms with Crippen molar-refractivity contribution in [2.45, 2.75) is 43.5 Å². The molecule has 30 heavy (non-hydrogen) atoms. The summed E-state index contributed by atoms with van der Waals surface area (Å²) in [7, 11) is -1.56. The van der Waals surface area contributed by atoms with Gasteiger partial charge in [-0.3, -0.25) is 9.29 Å². The van der Waals surface area contributed by atoms with Gasteiger partial charge in [0.1, 0.15) is 11.6 Å². The monoisotopic (exact) mass is 446 g/mol. The van der Waals surface area contributed by atoms with E-state index in [2.05, 4.69) is 4.98 Å². The fourth-order valence-electron chi connectivity index (χ4n) is 3.79. The lowest BCUT2D eigenvalue weighted by atomic mass is 9.94. The lowest BCUT2D eigenvalue weighted by molar-refractivity contribution is 0.532. The zero-order chi connectivity index (χ0) is 21.3. The summed E-state index contributed by atoms with van der Waals surface area (Å²) in [6.07, 6.45) is 4.15. The molecule has 1 aliphatic heterocycles. The van der Waals surface area contributed by atoms with E-state index in [1.165, 1.54) is 18.2 Å². The highest BCUT2D eigenvalue weighted by Gasteiger charge is 2.31. The zero-order valence-electron chi connectivity index (χ0n) is 16.4. The minimum atomic E-state index is -1.56. The Labute approximate surface area is 182 Å². The largest absolute Gasteiger partial charge is 0.284 e. The smallest absolute Gasteiger partial charge is 0.154 e. The summed E-state index contributed by atoms with van der Waals surface area (Å²) in [5.74, 6) is -0.720. The lowest BCUT2D eigenvalue weighted by Crippen LogP contribution is -2.41. The lowest BCUT2D eigenvalue weighted by Gasteiger charge is -2.37. The average molecular weight is 447 g/mol. The highest BCUT2D eigenvalue weighted by Crippen LogP contribution is 2.36. The molecule has 1 aromatic heterocycles. The molecule has 2 atom stereocenters. The molecule has 0 amide bonds. The second kappa shape index (κ2) is 8.82. The fourth-order valence-corrected chi connectivity index (χ4v) is 5.34. The molecule has 0 bridgehead atoms. The van der Waals surface area contributed by atoms with E-state index in [9.17, 15) is 13.0 Å². The molecule has 3 nitrogen and oxygen atoms in total. The predicted octanol–water partition coefficient (Wildman–Crippen LogP) is 5.80. The van der Waals surface area contributed by atoms with E-state index in [-0.39, 0.29) is 17.7 Å². The van der Waals surface area contributed by atoms with Crippen LogP contribution in [-0.2, 0) is 23.8 Å². The first-order valence-electron chi connectivity index (χ1n) is 9.78. The molecule has 2 aromatic carbocycles. The van der Waals surface area contributed by atoms with Crippen LogP contribution in [0, 0.1) is 18.6 Å². The van der Waals surface area contributed by atoms with Gasteiger partial charge >= 0.3 is 0 Å². The van der Waals surface area contributed by atoms with Crippen LogP contribution in [0.25, 0.3) is 0 Å². The maximum absolute atomic E-state index is 14.2. The van der Waals surface area contributed by atoms with Crippen LogP contribution in [0.15, 0.2) is 59.6 Å². The summed E-state index contributed by atoms with van der Waals surface area (Å²) in [6.45, 7) is 1.86. The zero-order valence-corrected chi connectivity index (χ0v) is 18.0. The molecule has 0 spiro atoms. The number of aryl methyl sites for hydroxylation is 3. The third kappa shape index (κ3) is 4.40. The van der Waals surface area contributed by atoms with Crippen molar-refractivity contribution in [3.8, 4) is 0 Å². The van der Waals surface area contributed by atoms with Crippen LogP contribution in [0.2, 0.25) is 5.02 Å². The Morgan fingerprint density at radius 1 is 1.17 bits per heavy atom. The molecule has 2 heterocycles. The minimum absolute atomic E-state index is 0.128. The van der Waals surface area contributed by atoms with Crippen molar-refractivity contribution in [1.82, 2.24) is 4.98 Å². The van der Waals surface area contributed by atoms with Gasteiger partial charge < -0.3 is 0 Å². The van der Waals surface area contributed by atoms with Gasteiger partial charge in [0, 0.05) is 23.0 Å². The molecule has 0 aliphatic carbocycles. The number of pyridine rings is 1. The van der Waals surface area contributed by atoms with Crippen LogP contribution in [0.1, 0.15) is 29.7 Å². The van der Waals surface area contributed by atoms with Crippen LogP contribution < -0.4 is 4.31 Å². The summed E-state index contributed by atoms with van der Waals surface area (Å²) in [6, 6.07) is 12.7. The number of rotatable bonds is 5. The molecule has 7 heteroatoms. The van der Waals surface area contributed by atoms with Gasteiger partial charge in [0.15, 0.2) is 11.0 Å². The Morgan fingerprint density at radius 2 is 2.00 bits per heavy atom. The number of aromatic nitrogens is 1. The van der Waals surface area contributed by atoms with Crippen molar-refractivity contribution < 1.29 is 13.0 Å². The molecule has 0 fully saturated rings. The summed E-state index contributed by atoms with van der Waals surface area (Å²) >= 11 is 5.85. The van der Waals surface area contributed by atoms with Crippen molar-refractivity contribution >= 4 is 28.3 Å². The average Bonchev–Trinajstić information content (AvgIpc) is 2.72. The van der Waals surface area contributed by atoms with Crippen LogP contribution in [0.4, 0.5) is 14.5 Å². The Bertz CT molecular complexity index is 1090. The molecule has 2 unspecified atom stereocenters. The Hall–Kier alpha value is -2.31. The highest BCUT2D eigenvalue weighted by molar-refractivity contribution is 7.86. The van der Waals surface area contributed by atoms with E-state index < -0.39 is 11.0 Å². The van der Waals surface area contributed by atoms with Crippen molar-refractivity contribution in [3.63, 3.8) is 0 Å². The first-order chi connectivity index (χ1) is 14.4. The molecule has 156 valence electrons. The predicted molar refractivity (Wildman–Crippen MR) is 116 cm³/mol. The van der Waals surface area contributed by atoms with E-state index in [4.69, 9.17) is 11.6 Å². The van der Waals surface area contributed by atoms with Crippen LogP contribution in [-0.4, -0.2) is 15.2 Å². The Balaban J connectivity index is 1.66. The van der Waals surface area contributed by atoms with Gasteiger partial charge in [0.05, 0.1) is 10.6 Å². The molecule has 4 rings (SSSR count). The van der Waals surface area contributed by atoms with E-state index in [0.29, 0.717) is 34.0 Å². The van der Waals surface area contributed by atoms with E-state index in [1.807, 2.05) is 13.0 Å². The van der Waals surface area contributed by atoms with Crippen molar-refractivity contribution in [2.24, 2.45) is 0 Å². The van der Waals surface area contributed by atoms with E-state index in [0.717, 1.165) is 24.1 Å². The number of benzene rings is 2. The van der Waals surface area contributed by atoms with Crippen LogP contribution in [0.5, 0.6) is 0 Å². The number of halogens is 3. The van der Waals surface area contributed by atoms with Crippen LogP contribution in [0.3, 0.4) is 0 Å². The van der Waals surface area contributed by atoms with Crippen molar-refractivity contribution in [1.29, 1.82) is 0 Å². The molecular formula is C23H21ClF2N2OS. The fraction of sp³-hybridized carbons (Fsp3) is 0.261. The number of anilines is 1. The van der Waals surface area contributed by atoms with Crippen molar-refractivity contribution in [3.05, 3.63) is 88.2 Å². The SMILES string of the molecule is Cc1ccc(S(=O)N2c3cc(F)ccc3CCC2CCc2ccc(Cl)cc2F)cn1. The number of hydrogen-bond acceptors (Lipinski definition) is 2. The minimum Gasteiger partial charge on any atom is -0.284 e. The maximum atomic E-state index is 14.2. The molecule has 0 radical (unpaired) electrons. The standard InChI is InChI=1S/C23H21ClF2N2OS/c1-15-2-11-21(14-27-15)30(29)28-20(9-5-16-3-7-18(24)12-22(16)26)10-6-17-4-8-19(25)13-23(17)28/h2-4,7-8,11-14,20H,5-6,9-10H2,1H3. The molecule has 0 N–H and O–H groups in total. The third-order valence-corrected chi connectivity index (χ3v) is 7.12. The van der Waals surface area contributed by atoms with Gasteiger partial charge in [-0.15, -0.1) is 0 Å². The van der Waals surface area contributed by atoms with Gasteiger partial charge in [-0.25, -0.2) is 13.0 Å². The molecule has 1 aliphatic rings. The van der Waals surface area contributed by atoms with E-state index in [1.54, 1.807) is 34.8 Å². The first-order valence-corrected chi connectivity index (χ1v) is 11.3. The van der Waals surface area contributed by atoms with Crippen molar-refractivity contribution in [2.75, 3.05) is 4.31 Å². The molecule has 0 saturated carbocycles. The number of nitrogens with zero attached hydrogens (tertiary/aromatic N) is 2. The molecule has 3 aromatic rings. The quantitative estimate of drug-likeness (QED) is 0.496. The molecule has 0 saturated heterocycles. The van der Waals surface area contributed by atoms with Gasteiger partial charge in [0.2, 0.25) is 0 Å². The van der Waals surface area contributed by atoms with Crippen LogP contribution >= 0.6 is 11.6 Å². The Kier molecular flexibility index (Phi) is 6.16. The second-order valence-corrected chi connectivity index (χ2v) is 9.25. The van der Waals surface area contributed by atoms with Gasteiger partial charge in [0.25, 0.3) is 0 Å². The molecular weight excluding hydrogens is 426 g/mol. The van der Waals surface area contributed by atoms with Gasteiger partial charge in [-0.1, -0.05) is 23.7 Å². The highest BCUT2D eigenvalue weighted by atomic mass is 35.5. The second-order valence-electron chi connectivity index (χ2n) is 7.45. The number of fused-ring (bicyclic) bond motifs is 1. The normalized spacial score (nSPS) is 16.9. The summed E-state index contributed by atoms with van der Waals surface area (Å²) in [5.41, 5.74) is 2.98. The van der Waals surface area contributed by atoms with E-state index >= 15 is 0 Å². The first kappa shape index (κ1) is 20.9. The van der Waals surface area contributed by atoms with Gasteiger partial charge in [-0.05, 0) is 80.1 Å².